The third-order valence-corrected chi connectivity index (χ3v) is 5.77. The van der Waals surface area contributed by atoms with Crippen LogP contribution in [0.25, 0.3) is 0 Å². The number of rotatable bonds is 4. The van der Waals surface area contributed by atoms with Crippen molar-refractivity contribution in [1.82, 2.24) is 9.97 Å². The molecule has 0 spiro atoms. The van der Waals surface area contributed by atoms with Gasteiger partial charge in [0.1, 0.15) is 24.0 Å². The first kappa shape index (κ1) is 18.2. The van der Waals surface area contributed by atoms with Crippen LogP contribution in [0.2, 0.25) is 0 Å². The lowest BCUT2D eigenvalue weighted by atomic mass is 10.1. The molecule has 0 unspecified atom stereocenters. The first-order valence-corrected chi connectivity index (χ1v) is 10.3. The number of benzene rings is 2. The van der Waals surface area contributed by atoms with E-state index in [4.69, 9.17) is 4.74 Å². The van der Waals surface area contributed by atoms with Crippen LogP contribution in [0.4, 0.5) is 33.2 Å². The predicted molar refractivity (Wildman–Crippen MR) is 115 cm³/mol. The van der Waals surface area contributed by atoms with Gasteiger partial charge in [0.2, 0.25) is 5.95 Å². The van der Waals surface area contributed by atoms with Crippen molar-refractivity contribution in [3.63, 3.8) is 0 Å². The van der Waals surface area contributed by atoms with Gasteiger partial charge in [-0.3, -0.25) is 0 Å². The van der Waals surface area contributed by atoms with Gasteiger partial charge in [0.15, 0.2) is 0 Å². The Morgan fingerprint density at radius 3 is 2.79 bits per heavy atom. The minimum atomic E-state index is -0.283. The fraction of sp³-hybridized carbons (Fsp3) is 0.238. The summed E-state index contributed by atoms with van der Waals surface area (Å²) in [5.74, 6) is 1.64. The Kier molecular flexibility index (Phi) is 4.71. The van der Waals surface area contributed by atoms with Crippen molar-refractivity contribution < 1.29 is 9.13 Å². The highest BCUT2D eigenvalue weighted by Gasteiger charge is 2.31. The maximum atomic E-state index is 13.1. The first-order chi connectivity index (χ1) is 14.2. The lowest BCUT2D eigenvalue weighted by Crippen LogP contribution is -2.38. The number of halogens is 2. The topological polar surface area (TPSA) is 62.3 Å². The van der Waals surface area contributed by atoms with Crippen molar-refractivity contribution in [2.75, 3.05) is 28.7 Å². The van der Waals surface area contributed by atoms with Crippen molar-refractivity contribution in [2.45, 2.75) is 18.9 Å². The van der Waals surface area contributed by atoms with Gasteiger partial charge < -0.3 is 20.3 Å². The quantitative estimate of drug-likeness (QED) is 0.561. The van der Waals surface area contributed by atoms with Crippen LogP contribution in [0.1, 0.15) is 12.8 Å². The maximum Gasteiger partial charge on any atom is 0.229 e. The molecule has 2 N–H and O–H groups in total. The number of hydrogen-bond donors (Lipinski definition) is 2. The van der Waals surface area contributed by atoms with Crippen LogP contribution in [0.15, 0.2) is 53.1 Å². The van der Waals surface area contributed by atoms with E-state index in [9.17, 15) is 4.39 Å². The van der Waals surface area contributed by atoms with Gasteiger partial charge in [0.25, 0.3) is 0 Å². The van der Waals surface area contributed by atoms with E-state index in [1.807, 2.05) is 12.1 Å². The molecule has 0 radical (unpaired) electrons. The molecule has 1 saturated heterocycles. The van der Waals surface area contributed by atoms with E-state index < -0.39 is 0 Å². The van der Waals surface area contributed by atoms with Gasteiger partial charge in [-0.1, -0.05) is 0 Å². The number of hydrogen-bond acceptors (Lipinski definition) is 6. The van der Waals surface area contributed by atoms with Crippen LogP contribution in [0.3, 0.4) is 0 Å². The van der Waals surface area contributed by atoms with E-state index in [1.54, 1.807) is 18.3 Å². The number of aromatic nitrogens is 2. The minimum absolute atomic E-state index is 0.283. The minimum Gasteiger partial charge on any atom is -0.489 e. The molecule has 3 heterocycles. The summed E-state index contributed by atoms with van der Waals surface area (Å²) in [6.45, 7) is 1.82. The summed E-state index contributed by atoms with van der Waals surface area (Å²) < 4.78 is 19.8. The summed E-state index contributed by atoms with van der Waals surface area (Å²) in [5, 5.41) is 6.40. The highest BCUT2D eigenvalue weighted by Crippen LogP contribution is 2.39. The molecule has 0 amide bonds. The summed E-state index contributed by atoms with van der Waals surface area (Å²) in [4.78, 5) is 11.3. The summed E-state index contributed by atoms with van der Waals surface area (Å²) in [7, 11) is 0. The standard InChI is InChI=1S/C21H19BrFN5O/c22-17-11-24-21(27-20(17)25-14-5-3-13(23)4-6-14)26-15-7-8-18-19(10-15)29-12-16-2-1-9-28(16)18/h3-8,10-11,16H,1-2,9,12H2,(H2,24,25,26,27)/t16-/m0/s1. The van der Waals surface area contributed by atoms with Crippen LogP contribution in [0.5, 0.6) is 5.75 Å². The van der Waals surface area contributed by atoms with Crippen molar-refractivity contribution in [3.05, 3.63) is 59.0 Å². The van der Waals surface area contributed by atoms with Crippen molar-refractivity contribution in [3.8, 4) is 5.75 Å². The number of anilines is 5. The second-order valence-corrected chi connectivity index (χ2v) is 7.98. The van der Waals surface area contributed by atoms with E-state index in [0.717, 1.165) is 36.0 Å². The normalized spacial score (nSPS) is 17.3. The molecule has 6 nitrogen and oxygen atoms in total. The van der Waals surface area contributed by atoms with E-state index >= 15 is 0 Å². The molecule has 8 heteroatoms. The number of ether oxygens (including phenoxy) is 1. The maximum absolute atomic E-state index is 13.1. The van der Waals surface area contributed by atoms with Crippen LogP contribution in [-0.4, -0.2) is 29.2 Å². The Hall–Kier alpha value is -2.87. The Balaban J connectivity index is 1.36. The number of nitrogens with one attached hydrogen (secondary N) is 2. The molecule has 2 aliphatic rings. The molecule has 2 aliphatic heterocycles. The molecule has 2 aromatic carbocycles. The largest absolute Gasteiger partial charge is 0.489 e. The fourth-order valence-corrected chi connectivity index (χ4v) is 4.06. The molecule has 0 aliphatic carbocycles. The van der Waals surface area contributed by atoms with E-state index in [2.05, 4.69) is 47.5 Å². The van der Waals surface area contributed by atoms with Gasteiger partial charge in [-0.15, -0.1) is 0 Å². The van der Waals surface area contributed by atoms with E-state index in [1.165, 1.54) is 25.0 Å². The fourth-order valence-electron chi connectivity index (χ4n) is 3.77. The van der Waals surface area contributed by atoms with Gasteiger partial charge in [0.05, 0.1) is 16.2 Å². The zero-order valence-electron chi connectivity index (χ0n) is 15.5. The highest BCUT2D eigenvalue weighted by molar-refractivity contribution is 9.10. The van der Waals surface area contributed by atoms with Crippen LogP contribution in [0, 0.1) is 5.82 Å². The smallest absolute Gasteiger partial charge is 0.229 e. The van der Waals surface area contributed by atoms with Gasteiger partial charge in [-0.05, 0) is 65.2 Å². The molecule has 0 saturated carbocycles. The molecule has 5 rings (SSSR count). The van der Waals surface area contributed by atoms with E-state index in [0.29, 0.717) is 22.3 Å². The van der Waals surface area contributed by atoms with Gasteiger partial charge in [0, 0.05) is 30.2 Å². The van der Waals surface area contributed by atoms with E-state index in [-0.39, 0.29) is 5.82 Å². The Morgan fingerprint density at radius 1 is 1.10 bits per heavy atom. The SMILES string of the molecule is Fc1ccc(Nc2nc(Nc3ccc4c(c3)OC[C@@H]3CCCN43)ncc2Br)cc1. The molecule has 0 bridgehead atoms. The monoisotopic (exact) mass is 455 g/mol. The number of fused-ring (bicyclic) bond motifs is 3. The Morgan fingerprint density at radius 2 is 1.93 bits per heavy atom. The Bertz CT molecular complexity index is 1050. The zero-order chi connectivity index (χ0) is 19.8. The second-order valence-electron chi connectivity index (χ2n) is 7.13. The molecule has 1 aromatic heterocycles. The number of nitrogens with zero attached hydrogens (tertiary/aromatic N) is 3. The zero-order valence-corrected chi connectivity index (χ0v) is 17.1. The van der Waals surface area contributed by atoms with Gasteiger partial charge in [-0.25, -0.2) is 9.37 Å². The lowest BCUT2D eigenvalue weighted by Gasteiger charge is -2.33. The average molecular weight is 456 g/mol. The summed E-state index contributed by atoms with van der Waals surface area (Å²) >= 11 is 3.45. The second kappa shape index (κ2) is 7.51. The third kappa shape index (κ3) is 3.72. The van der Waals surface area contributed by atoms with Crippen LogP contribution in [-0.2, 0) is 0 Å². The molecule has 1 fully saturated rings. The molecule has 29 heavy (non-hydrogen) atoms. The van der Waals surface area contributed by atoms with Crippen molar-refractivity contribution in [2.24, 2.45) is 0 Å². The summed E-state index contributed by atoms with van der Waals surface area (Å²) in [6, 6.07) is 12.7. The lowest BCUT2D eigenvalue weighted by molar-refractivity contribution is 0.272. The van der Waals surface area contributed by atoms with Crippen LogP contribution < -0.4 is 20.3 Å². The highest BCUT2D eigenvalue weighted by atomic mass is 79.9. The molecule has 3 aromatic rings. The van der Waals surface area contributed by atoms with Gasteiger partial charge in [-0.2, -0.15) is 4.98 Å². The molecular formula is C21H19BrFN5O. The van der Waals surface area contributed by atoms with Crippen molar-refractivity contribution >= 4 is 44.8 Å². The van der Waals surface area contributed by atoms with Gasteiger partial charge >= 0.3 is 0 Å². The molecular weight excluding hydrogens is 437 g/mol. The molecule has 148 valence electrons. The molecule has 1 atom stereocenters. The average Bonchev–Trinajstić information content (AvgIpc) is 3.21. The summed E-state index contributed by atoms with van der Waals surface area (Å²) in [6.07, 6.45) is 4.07. The first-order valence-electron chi connectivity index (χ1n) is 9.51. The summed E-state index contributed by atoms with van der Waals surface area (Å²) in [5.41, 5.74) is 2.75. The Labute approximate surface area is 176 Å². The third-order valence-electron chi connectivity index (χ3n) is 5.18. The van der Waals surface area contributed by atoms with Crippen molar-refractivity contribution in [1.29, 1.82) is 0 Å². The predicted octanol–water partition coefficient (Wildman–Crippen LogP) is 5.23. The van der Waals surface area contributed by atoms with Crippen LogP contribution >= 0.6 is 15.9 Å².